The lowest BCUT2D eigenvalue weighted by Crippen LogP contribution is -2.22. The fourth-order valence-electron chi connectivity index (χ4n) is 1.89. The summed E-state index contributed by atoms with van der Waals surface area (Å²) in [6.45, 7) is 0.541. The van der Waals surface area contributed by atoms with Crippen LogP contribution < -0.4 is 4.31 Å². The third-order valence-electron chi connectivity index (χ3n) is 2.77. The normalized spacial score (nSPS) is 19.7. The van der Waals surface area contributed by atoms with E-state index >= 15 is 0 Å². The summed E-state index contributed by atoms with van der Waals surface area (Å²) in [5.41, 5.74) is 0.865. The Kier molecular flexibility index (Phi) is 3.72. The van der Waals surface area contributed by atoms with E-state index in [-0.39, 0.29) is 0 Å². The molecule has 1 aromatic carbocycles. The maximum Gasteiger partial charge on any atom is 0.337 e. The molecule has 1 aliphatic heterocycles. The summed E-state index contributed by atoms with van der Waals surface area (Å²) >= 11 is 6.08. The highest BCUT2D eigenvalue weighted by molar-refractivity contribution is 8.25. The SMILES string of the molecule is COC(=O)c1ccc(N2CCCS2(O)O)c(Cl)c1. The molecule has 2 N–H and O–H groups in total. The molecule has 0 spiro atoms. The minimum atomic E-state index is -2.77. The van der Waals surface area contributed by atoms with Crippen LogP contribution in [0.5, 0.6) is 0 Å². The van der Waals surface area contributed by atoms with Gasteiger partial charge in [0.2, 0.25) is 0 Å². The van der Waals surface area contributed by atoms with Crippen molar-refractivity contribution in [2.75, 3.05) is 23.7 Å². The van der Waals surface area contributed by atoms with Gasteiger partial charge in [-0.3, -0.25) is 13.4 Å². The molecule has 0 amide bonds. The Balaban J connectivity index is 2.33. The zero-order chi connectivity index (χ0) is 13.3. The van der Waals surface area contributed by atoms with Gasteiger partial charge >= 0.3 is 5.97 Å². The van der Waals surface area contributed by atoms with Gasteiger partial charge in [0.05, 0.1) is 29.1 Å². The van der Waals surface area contributed by atoms with Gasteiger partial charge in [0.15, 0.2) is 0 Å². The highest BCUT2D eigenvalue weighted by Gasteiger charge is 2.30. The van der Waals surface area contributed by atoms with E-state index in [0.29, 0.717) is 35.0 Å². The fraction of sp³-hybridized carbons (Fsp3) is 0.364. The Morgan fingerprint density at radius 1 is 1.50 bits per heavy atom. The van der Waals surface area contributed by atoms with E-state index in [9.17, 15) is 13.9 Å². The molecule has 0 bridgehead atoms. The molecule has 0 atom stereocenters. The third kappa shape index (κ3) is 2.42. The van der Waals surface area contributed by atoms with E-state index < -0.39 is 16.7 Å². The van der Waals surface area contributed by atoms with Crippen LogP contribution in [0.4, 0.5) is 5.69 Å². The Bertz CT molecular complexity index is 480. The largest absolute Gasteiger partial charge is 0.465 e. The van der Waals surface area contributed by atoms with Crippen molar-refractivity contribution in [3.05, 3.63) is 28.8 Å². The molecule has 1 fully saturated rings. The highest BCUT2D eigenvalue weighted by atomic mass is 35.5. The summed E-state index contributed by atoms with van der Waals surface area (Å²) in [5.74, 6) is -0.126. The van der Waals surface area contributed by atoms with Gasteiger partial charge in [0, 0.05) is 6.54 Å². The maximum absolute atomic E-state index is 11.3. The zero-order valence-electron chi connectivity index (χ0n) is 9.80. The summed E-state index contributed by atoms with van der Waals surface area (Å²) < 4.78 is 25.8. The van der Waals surface area contributed by atoms with Crippen molar-refractivity contribution >= 4 is 34.0 Å². The molecule has 1 saturated heterocycles. The Hall–Kier alpha value is -0.950. The van der Waals surface area contributed by atoms with E-state index in [0.717, 1.165) is 0 Å². The minimum Gasteiger partial charge on any atom is -0.465 e. The Labute approximate surface area is 112 Å². The Morgan fingerprint density at radius 2 is 2.22 bits per heavy atom. The van der Waals surface area contributed by atoms with Crippen molar-refractivity contribution in [1.82, 2.24) is 0 Å². The van der Waals surface area contributed by atoms with Crippen molar-refractivity contribution in [3.8, 4) is 0 Å². The summed E-state index contributed by atoms with van der Waals surface area (Å²) in [5, 5.41) is 0.305. The van der Waals surface area contributed by atoms with Crippen LogP contribution >= 0.6 is 22.4 Å². The average molecular weight is 292 g/mol. The predicted octanol–water partition coefficient (Wildman–Crippen LogP) is 3.00. The van der Waals surface area contributed by atoms with E-state index in [1.165, 1.54) is 17.5 Å². The molecule has 1 aromatic rings. The minimum absolute atomic E-state index is 0.305. The molecule has 100 valence electrons. The number of halogens is 1. The second kappa shape index (κ2) is 4.97. The smallest absolute Gasteiger partial charge is 0.337 e. The topological polar surface area (TPSA) is 70.0 Å². The molecule has 5 nitrogen and oxygen atoms in total. The molecule has 1 aliphatic rings. The maximum atomic E-state index is 11.3. The number of esters is 1. The van der Waals surface area contributed by atoms with E-state index in [2.05, 4.69) is 4.74 Å². The second-order valence-corrected chi connectivity index (χ2v) is 6.47. The van der Waals surface area contributed by atoms with Crippen LogP contribution in [0, 0.1) is 0 Å². The first-order valence-electron chi connectivity index (χ1n) is 5.37. The first-order valence-corrected chi connectivity index (χ1v) is 7.42. The third-order valence-corrected chi connectivity index (χ3v) is 4.99. The van der Waals surface area contributed by atoms with Crippen LogP contribution in [-0.2, 0) is 4.74 Å². The first-order chi connectivity index (χ1) is 8.45. The molecule has 0 saturated carbocycles. The van der Waals surface area contributed by atoms with Crippen molar-refractivity contribution in [3.63, 3.8) is 0 Å². The number of rotatable bonds is 2. The van der Waals surface area contributed by atoms with E-state index in [1.807, 2.05) is 0 Å². The fourth-order valence-corrected chi connectivity index (χ4v) is 3.86. The van der Waals surface area contributed by atoms with Crippen LogP contribution in [-0.4, -0.2) is 34.5 Å². The molecule has 1 heterocycles. The number of benzene rings is 1. The number of nitrogens with zero attached hydrogens (tertiary/aromatic N) is 1. The number of methoxy groups -OCH3 is 1. The monoisotopic (exact) mass is 291 g/mol. The van der Waals surface area contributed by atoms with Crippen LogP contribution in [0.25, 0.3) is 0 Å². The molecular formula is C11H14ClNO4S. The molecule has 0 aliphatic carbocycles. The molecule has 0 unspecified atom stereocenters. The average Bonchev–Trinajstić information content (AvgIpc) is 2.68. The summed E-state index contributed by atoms with van der Waals surface area (Å²) in [7, 11) is -1.48. The zero-order valence-corrected chi connectivity index (χ0v) is 11.4. The van der Waals surface area contributed by atoms with Crippen LogP contribution in [0.3, 0.4) is 0 Å². The molecular weight excluding hydrogens is 278 g/mol. The summed E-state index contributed by atoms with van der Waals surface area (Å²) in [6.07, 6.45) is 0.706. The van der Waals surface area contributed by atoms with E-state index in [4.69, 9.17) is 11.6 Å². The van der Waals surface area contributed by atoms with Crippen molar-refractivity contribution < 1.29 is 18.6 Å². The van der Waals surface area contributed by atoms with Crippen molar-refractivity contribution in [1.29, 1.82) is 0 Å². The lowest BCUT2D eigenvalue weighted by Gasteiger charge is -2.38. The van der Waals surface area contributed by atoms with Gasteiger partial charge in [-0.25, -0.2) is 4.79 Å². The van der Waals surface area contributed by atoms with Gasteiger partial charge in [-0.2, -0.15) is 0 Å². The predicted molar refractivity (Wildman–Crippen MR) is 72.5 cm³/mol. The van der Waals surface area contributed by atoms with E-state index in [1.54, 1.807) is 12.1 Å². The summed E-state index contributed by atoms with van der Waals surface area (Å²) in [4.78, 5) is 11.3. The number of hydrogen-bond acceptors (Lipinski definition) is 5. The van der Waals surface area contributed by atoms with Crippen LogP contribution in [0.2, 0.25) is 5.02 Å². The van der Waals surface area contributed by atoms with Gasteiger partial charge in [0.25, 0.3) is 0 Å². The van der Waals surface area contributed by atoms with Gasteiger partial charge in [-0.1, -0.05) is 11.6 Å². The summed E-state index contributed by atoms with van der Waals surface area (Å²) in [6, 6.07) is 4.63. The molecule has 18 heavy (non-hydrogen) atoms. The second-order valence-electron chi connectivity index (χ2n) is 3.95. The molecule has 7 heteroatoms. The molecule has 0 aromatic heterocycles. The standard InChI is InChI=1S/C11H14ClNO4S/c1-17-11(14)8-3-4-10(9(12)7-8)13-5-2-6-18(13,15)16/h3-4,7,15-16H,2,5-6H2,1H3. The number of carbonyl (C=O) groups is 1. The Morgan fingerprint density at radius 3 is 2.72 bits per heavy atom. The molecule has 0 radical (unpaired) electrons. The number of carbonyl (C=O) groups excluding carboxylic acids is 1. The van der Waals surface area contributed by atoms with Crippen molar-refractivity contribution in [2.24, 2.45) is 0 Å². The first kappa shape index (κ1) is 13.5. The lowest BCUT2D eigenvalue weighted by molar-refractivity contribution is 0.0601. The van der Waals surface area contributed by atoms with Gasteiger partial charge in [0.1, 0.15) is 0 Å². The van der Waals surface area contributed by atoms with Crippen LogP contribution in [0.1, 0.15) is 16.8 Å². The number of anilines is 1. The van der Waals surface area contributed by atoms with Gasteiger partial charge < -0.3 is 4.74 Å². The van der Waals surface area contributed by atoms with Crippen LogP contribution in [0.15, 0.2) is 18.2 Å². The number of ether oxygens (including phenoxy) is 1. The van der Waals surface area contributed by atoms with Gasteiger partial charge in [-0.15, -0.1) is 10.8 Å². The quantitative estimate of drug-likeness (QED) is 0.820. The molecule has 2 rings (SSSR count). The van der Waals surface area contributed by atoms with Crippen molar-refractivity contribution in [2.45, 2.75) is 6.42 Å². The van der Waals surface area contributed by atoms with Gasteiger partial charge in [-0.05, 0) is 24.6 Å². The number of hydrogen-bond donors (Lipinski definition) is 2. The lowest BCUT2D eigenvalue weighted by atomic mass is 10.2. The highest BCUT2D eigenvalue weighted by Crippen LogP contribution is 2.52.